The SMILES string of the molecule is [C-]#[N+]c1cc(F)c(COc2cccc(Br)n2)cc1F. The van der Waals surface area contributed by atoms with Gasteiger partial charge in [-0.05, 0) is 34.1 Å². The minimum Gasteiger partial charge on any atom is -0.473 e. The first-order valence-electron chi connectivity index (χ1n) is 5.21. The third-order valence-electron chi connectivity index (χ3n) is 2.30. The molecule has 1 aromatic heterocycles. The van der Waals surface area contributed by atoms with Crippen LogP contribution in [0.4, 0.5) is 14.5 Å². The van der Waals surface area contributed by atoms with Gasteiger partial charge < -0.3 is 4.74 Å². The summed E-state index contributed by atoms with van der Waals surface area (Å²) in [5, 5.41) is 0. The maximum atomic E-state index is 13.6. The maximum absolute atomic E-state index is 13.6. The van der Waals surface area contributed by atoms with Gasteiger partial charge in [-0.25, -0.2) is 18.6 Å². The van der Waals surface area contributed by atoms with Crippen molar-refractivity contribution in [1.29, 1.82) is 0 Å². The van der Waals surface area contributed by atoms with Crippen LogP contribution in [0.1, 0.15) is 5.56 Å². The third-order valence-corrected chi connectivity index (χ3v) is 2.74. The second kappa shape index (κ2) is 5.76. The lowest BCUT2D eigenvalue weighted by molar-refractivity contribution is 0.287. The molecular formula is C13H7BrF2N2O. The molecule has 96 valence electrons. The first-order chi connectivity index (χ1) is 9.10. The zero-order valence-corrected chi connectivity index (χ0v) is 11.1. The molecule has 2 rings (SSSR count). The molecule has 0 bridgehead atoms. The lowest BCUT2D eigenvalue weighted by atomic mass is 10.2. The first kappa shape index (κ1) is 13.4. The Kier molecular flexibility index (Phi) is 4.07. The van der Waals surface area contributed by atoms with E-state index in [0.717, 1.165) is 12.1 Å². The van der Waals surface area contributed by atoms with E-state index in [-0.39, 0.29) is 17.9 Å². The molecule has 0 aliphatic heterocycles. The van der Waals surface area contributed by atoms with Crippen molar-refractivity contribution >= 4 is 21.6 Å². The van der Waals surface area contributed by atoms with Crippen molar-refractivity contribution in [2.75, 3.05) is 0 Å². The van der Waals surface area contributed by atoms with Crippen LogP contribution in [-0.2, 0) is 6.61 Å². The summed E-state index contributed by atoms with van der Waals surface area (Å²) in [6, 6.07) is 6.85. The van der Waals surface area contributed by atoms with Crippen LogP contribution in [-0.4, -0.2) is 4.98 Å². The molecule has 2 aromatic rings. The molecule has 0 atom stereocenters. The van der Waals surface area contributed by atoms with Gasteiger partial charge in [0, 0.05) is 11.6 Å². The van der Waals surface area contributed by atoms with Gasteiger partial charge >= 0.3 is 0 Å². The quantitative estimate of drug-likeness (QED) is 0.623. The smallest absolute Gasteiger partial charge is 0.224 e. The molecule has 0 aliphatic rings. The molecule has 0 amide bonds. The lowest BCUT2D eigenvalue weighted by Gasteiger charge is -2.07. The van der Waals surface area contributed by atoms with Crippen LogP contribution in [0.2, 0.25) is 0 Å². The van der Waals surface area contributed by atoms with Crippen LogP contribution in [0.15, 0.2) is 34.9 Å². The number of nitrogens with zero attached hydrogens (tertiary/aromatic N) is 2. The van der Waals surface area contributed by atoms with E-state index in [1.807, 2.05) is 0 Å². The van der Waals surface area contributed by atoms with E-state index in [9.17, 15) is 8.78 Å². The molecule has 0 aliphatic carbocycles. The summed E-state index contributed by atoms with van der Waals surface area (Å²) in [5.41, 5.74) is -0.312. The lowest BCUT2D eigenvalue weighted by Crippen LogP contribution is -2.00. The van der Waals surface area contributed by atoms with E-state index in [4.69, 9.17) is 11.3 Å². The first-order valence-corrected chi connectivity index (χ1v) is 6.00. The Morgan fingerprint density at radius 2 is 2.05 bits per heavy atom. The van der Waals surface area contributed by atoms with E-state index in [1.54, 1.807) is 18.2 Å². The Hall–Kier alpha value is -2.00. The van der Waals surface area contributed by atoms with Gasteiger partial charge in [0.25, 0.3) is 0 Å². The van der Waals surface area contributed by atoms with Crippen LogP contribution < -0.4 is 4.74 Å². The van der Waals surface area contributed by atoms with Crippen LogP contribution >= 0.6 is 15.9 Å². The van der Waals surface area contributed by atoms with E-state index in [2.05, 4.69) is 25.8 Å². The van der Waals surface area contributed by atoms with E-state index in [0.29, 0.717) is 10.5 Å². The number of ether oxygens (including phenoxy) is 1. The molecule has 0 fully saturated rings. The summed E-state index contributed by atoms with van der Waals surface area (Å²) in [4.78, 5) is 6.88. The van der Waals surface area contributed by atoms with Crippen LogP contribution in [0.5, 0.6) is 5.88 Å². The molecule has 1 aromatic carbocycles. The summed E-state index contributed by atoms with van der Waals surface area (Å²) in [6.07, 6.45) is 0. The second-order valence-corrected chi connectivity index (χ2v) is 4.41. The molecule has 0 spiro atoms. The number of halogens is 3. The molecule has 1 heterocycles. The Labute approximate surface area is 116 Å². The summed E-state index contributed by atoms with van der Waals surface area (Å²) in [6.45, 7) is 6.52. The van der Waals surface area contributed by atoms with Gasteiger partial charge in [0.05, 0.1) is 6.57 Å². The van der Waals surface area contributed by atoms with Crippen LogP contribution in [0.25, 0.3) is 4.85 Å². The highest BCUT2D eigenvalue weighted by Crippen LogP contribution is 2.23. The summed E-state index contributed by atoms with van der Waals surface area (Å²) in [5.74, 6) is -1.15. The van der Waals surface area contributed by atoms with E-state index in [1.165, 1.54) is 0 Å². The van der Waals surface area contributed by atoms with E-state index >= 15 is 0 Å². The Morgan fingerprint density at radius 1 is 1.26 bits per heavy atom. The monoisotopic (exact) mass is 324 g/mol. The van der Waals surface area contributed by atoms with Crippen molar-refractivity contribution in [3.8, 4) is 5.88 Å². The Balaban J connectivity index is 2.16. The normalized spacial score (nSPS) is 10.0. The number of hydrogen-bond acceptors (Lipinski definition) is 2. The van der Waals surface area contributed by atoms with Crippen molar-refractivity contribution in [2.24, 2.45) is 0 Å². The van der Waals surface area contributed by atoms with Crippen LogP contribution in [0, 0.1) is 18.2 Å². The average molecular weight is 325 g/mol. The van der Waals surface area contributed by atoms with Gasteiger partial charge in [0.2, 0.25) is 11.6 Å². The topological polar surface area (TPSA) is 26.5 Å². The predicted octanol–water partition coefficient (Wildman–Crippen LogP) is 4.25. The number of hydrogen-bond donors (Lipinski definition) is 0. The van der Waals surface area contributed by atoms with Gasteiger partial charge in [-0.2, -0.15) is 0 Å². The number of aromatic nitrogens is 1. The standard InChI is InChI=1S/C13H7BrF2N2O/c1-17-11-6-9(15)8(5-10(11)16)7-19-13-4-2-3-12(14)18-13/h2-6H,7H2. The Morgan fingerprint density at radius 3 is 2.74 bits per heavy atom. The molecule has 0 radical (unpaired) electrons. The Bertz CT molecular complexity index is 656. The minimum atomic E-state index is -0.766. The highest BCUT2D eigenvalue weighted by Gasteiger charge is 2.10. The zero-order valence-electron chi connectivity index (χ0n) is 9.53. The minimum absolute atomic E-state index is 0.0340. The fourth-order valence-corrected chi connectivity index (χ4v) is 1.72. The second-order valence-electron chi connectivity index (χ2n) is 3.59. The molecule has 0 unspecified atom stereocenters. The van der Waals surface area contributed by atoms with Crippen molar-refractivity contribution in [3.63, 3.8) is 0 Å². The average Bonchev–Trinajstić information content (AvgIpc) is 2.39. The maximum Gasteiger partial charge on any atom is 0.224 e. The molecule has 0 saturated heterocycles. The van der Waals surface area contributed by atoms with Crippen molar-refractivity contribution in [2.45, 2.75) is 6.61 Å². The fraction of sp³-hybridized carbons (Fsp3) is 0.0769. The zero-order chi connectivity index (χ0) is 13.8. The molecule has 0 saturated carbocycles. The molecular weight excluding hydrogens is 318 g/mol. The summed E-state index contributed by atoms with van der Waals surface area (Å²) < 4.78 is 32.8. The van der Waals surface area contributed by atoms with Crippen molar-refractivity contribution < 1.29 is 13.5 Å². The molecule has 3 nitrogen and oxygen atoms in total. The fourth-order valence-electron chi connectivity index (χ4n) is 1.40. The van der Waals surface area contributed by atoms with Gasteiger partial charge in [0.1, 0.15) is 22.8 Å². The highest BCUT2D eigenvalue weighted by molar-refractivity contribution is 9.10. The van der Waals surface area contributed by atoms with Crippen LogP contribution in [0.3, 0.4) is 0 Å². The predicted molar refractivity (Wildman–Crippen MR) is 68.9 cm³/mol. The molecule has 0 N–H and O–H groups in total. The number of rotatable bonds is 3. The summed E-state index contributed by atoms with van der Waals surface area (Å²) >= 11 is 3.17. The largest absolute Gasteiger partial charge is 0.473 e. The number of benzene rings is 1. The van der Waals surface area contributed by atoms with E-state index < -0.39 is 11.6 Å². The summed E-state index contributed by atoms with van der Waals surface area (Å²) in [7, 11) is 0. The van der Waals surface area contributed by atoms with Gasteiger partial charge in [0.15, 0.2) is 0 Å². The third kappa shape index (κ3) is 3.26. The van der Waals surface area contributed by atoms with Gasteiger partial charge in [-0.3, -0.25) is 0 Å². The molecule has 6 heteroatoms. The highest BCUT2D eigenvalue weighted by atomic mass is 79.9. The molecule has 19 heavy (non-hydrogen) atoms. The van der Waals surface area contributed by atoms with Crippen molar-refractivity contribution in [3.05, 3.63) is 63.6 Å². The number of pyridine rings is 1. The van der Waals surface area contributed by atoms with Crippen molar-refractivity contribution in [1.82, 2.24) is 4.98 Å². The van der Waals surface area contributed by atoms with Gasteiger partial charge in [-0.15, -0.1) is 0 Å². The van der Waals surface area contributed by atoms with Gasteiger partial charge in [-0.1, -0.05) is 6.07 Å².